The van der Waals surface area contributed by atoms with Gasteiger partial charge in [-0.05, 0) is 59.7 Å². The highest BCUT2D eigenvalue weighted by molar-refractivity contribution is 5.78. The molecule has 0 amide bonds. The number of para-hydroxylation sites is 2. The average Bonchev–Trinajstić information content (AvgIpc) is 2.71. The average molecular weight is 337 g/mol. The third kappa shape index (κ3) is 3.31. The molecule has 0 fully saturated rings. The van der Waals surface area contributed by atoms with Crippen molar-refractivity contribution in [3.8, 4) is 16.9 Å². The molecule has 0 aliphatic heterocycles. The number of phenols is 1. The second-order valence-corrected chi connectivity index (χ2v) is 6.10. The van der Waals surface area contributed by atoms with Crippen LogP contribution in [0.4, 0.5) is 17.1 Å². The molecule has 0 unspecified atom stereocenters. The Labute approximate surface area is 153 Å². The van der Waals surface area contributed by atoms with Gasteiger partial charge in [0, 0.05) is 17.1 Å². The van der Waals surface area contributed by atoms with Crippen molar-refractivity contribution >= 4 is 17.1 Å². The van der Waals surface area contributed by atoms with Crippen LogP contribution >= 0.6 is 0 Å². The van der Waals surface area contributed by atoms with E-state index < -0.39 is 0 Å². The first-order valence-electron chi connectivity index (χ1n) is 8.61. The number of benzene rings is 4. The number of anilines is 3. The Hall–Kier alpha value is -3.52. The summed E-state index contributed by atoms with van der Waals surface area (Å²) >= 11 is 0. The monoisotopic (exact) mass is 337 g/mol. The molecule has 2 heteroatoms. The Morgan fingerprint density at radius 1 is 0.423 bits per heavy atom. The van der Waals surface area contributed by atoms with Crippen molar-refractivity contribution in [3.63, 3.8) is 0 Å². The van der Waals surface area contributed by atoms with E-state index >= 15 is 0 Å². The molecular weight excluding hydrogens is 318 g/mol. The van der Waals surface area contributed by atoms with Gasteiger partial charge < -0.3 is 10.0 Å². The molecule has 0 bridgehead atoms. The molecule has 4 aromatic carbocycles. The quantitative estimate of drug-likeness (QED) is 0.457. The van der Waals surface area contributed by atoms with Crippen LogP contribution in [0.5, 0.6) is 5.75 Å². The van der Waals surface area contributed by atoms with E-state index in [-0.39, 0.29) is 5.75 Å². The van der Waals surface area contributed by atoms with Gasteiger partial charge in [-0.3, -0.25) is 0 Å². The number of aromatic hydroxyl groups is 1. The van der Waals surface area contributed by atoms with E-state index in [1.807, 2.05) is 24.3 Å². The minimum Gasteiger partial charge on any atom is -0.508 e. The maximum absolute atomic E-state index is 9.47. The highest BCUT2D eigenvalue weighted by atomic mass is 16.3. The number of rotatable bonds is 4. The molecule has 126 valence electrons. The van der Waals surface area contributed by atoms with Crippen LogP contribution in [0, 0.1) is 0 Å². The predicted molar refractivity (Wildman–Crippen MR) is 108 cm³/mol. The SMILES string of the molecule is Oc1ccc(-c2ccc(N(c3ccccc3)c3ccccc3)cc2)cc1. The molecular formula is C24H19NO. The number of phenolic OH excluding ortho intramolecular Hbond substituents is 1. The predicted octanol–water partition coefficient (Wildman–Crippen LogP) is 6.53. The summed E-state index contributed by atoms with van der Waals surface area (Å²) < 4.78 is 0. The molecule has 0 atom stereocenters. The smallest absolute Gasteiger partial charge is 0.115 e. The van der Waals surface area contributed by atoms with E-state index in [4.69, 9.17) is 0 Å². The van der Waals surface area contributed by atoms with Gasteiger partial charge in [-0.1, -0.05) is 60.7 Å². The van der Waals surface area contributed by atoms with E-state index in [0.717, 1.165) is 28.2 Å². The molecule has 0 saturated carbocycles. The lowest BCUT2D eigenvalue weighted by molar-refractivity contribution is 0.475. The fourth-order valence-electron chi connectivity index (χ4n) is 3.06. The van der Waals surface area contributed by atoms with Crippen LogP contribution in [0.25, 0.3) is 11.1 Å². The molecule has 26 heavy (non-hydrogen) atoms. The van der Waals surface area contributed by atoms with Crippen molar-refractivity contribution in [2.45, 2.75) is 0 Å². The molecule has 0 aliphatic rings. The minimum absolute atomic E-state index is 0.282. The van der Waals surface area contributed by atoms with Gasteiger partial charge in [-0.15, -0.1) is 0 Å². The molecule has 0 radical (unpaired) electrons. The van der Waals surface area contributed by atoms with Crippen LogP contribution in [-0.4, -0.2) is 5.11 Å². The van der Waals surface area contributed by atoms with Gasteiger partial charge in [-0.2, -0.15) is 0 Å². The van der Waals surface area contributed by atoms with Crippen LogP contribution in [0.2, 0.25) is 0 Å². The standard InChI is InChI=1S/C24H19NO/c26-24-17-13-20(14-18-24)19-11-15-23(16-12-19)25(21-7-3-1-4-8-21)22-9-5-2-6-10-22/h1-18,26H. The third-order valence-corrected chi connectivity index (χ3v) is 4.35. The van der Waals surface area contributed by atoms with Gasteiger partial charge in [0.05, 0.1) is 0 Å². The summed E-state index contributed by atoms with van der Waals surface area (Å²) in [5, 5.41) is 9.47. The Morgan fingerprint density at radius 3 is 1.27 bits per heavy atom. The van der Waals surface area contributed by atoms with E-state index in [1.54, 1.807) is 12.1 Å². The first kappa shape index (κ1) is 16.0. The maximum atomic E-state index is 9.47. The van der Waals surface area contributed by atoms with Crippen molar-refractivity contribution in [1.29, 1.82) is 0 Å². The molecule has 0 spiro atoms. The second-order valence-electron chi connectivity index (χ2n) is 6.10. The summed E-state index contributed by atoms with van der Waals surface area (Å²) in [7, 11) is 0. The maximum Gasteiger partial charge on any atom is 0.115 e. The van der Waals surface area contributed by atoms with Crippen LogP contribution < -0.4 is 4.90 Å². The Balaban J connectivity index is 1.73. The lowest BCUT2D eigenvalue weighted by atomic mass is 10.0. The molecule has 0 saturated heterocycles. The summed E-state index contributed by atoms with van der Waals surface area (Å²) in [5.74, 6) is 0.282. The molecule has 0 aliphatic carbocycles. The fourth-order valence-corrected chi connectivity index (χ4v) is 3.06. The van der Waals surface area contributed by atoms with E-state index in [1.165, 1.54) is 0 Å². The molecule has 4 rings (SSSR count). The van der Waals surface area contributed by atoms with Gasteiger partial charge in [0.15, 0.2) is 0 Å². The Morgan fingerprint density at radius 2 is 0.808 bits per heavy atom. The zero-order valence-corrected chi connectivity index (χ0v) is 14.3. The van der Waals surface area contributed by atoms with E-state index in [9.17, 15) is 5.11 Å². The summed E-state index contributed by atoms with van der Waals surface area (Å²) in [6, 6.07) is 36.5. The van der Waals surface area contributed by atoms with E-state index in [2.05, 4.69) is 77.7 Å². The highest BCUT2D eigenvalue weighted by Gasteiger charge is 2.11. The van der Waals surface area contributed by atoms with Gasteiger partial charge in [0.25, 0.3) is 0 Å². The largest absolute Gasteiger partial charge is 0.508 e. The van der Waals surface area contributed by atoms with Crippen molar-refractivity contribution < 1.29 is 5.11 Å². The topological polar surface area (TPSA) is 23.5 Å². The summed E-state index contributed by atoms with van der Waals surface area (Å²) in [4.78, 5) is 2.24. The highest BCUT2D eigenvalue weighted by Crippen LogP contribution is 2.35. The van der Waals surface area contributed by atoms with Crippen molar-refractivity contribution in [2.75, 3.05) is 4.90 Å². The molecule has 2 nitrogen and oxygen atoms in total. The van der Waals surface area contributed by atoms with Gasteiger partial charge in [0.2, 0.25) is 0 Å². The molecule has 0 aromatic heterocycles. The van der Waals surface area contributed by atoms with Gasteiger partial charge in [0.1, 0.15) is 5.75 Å². The molecule has 0 heterocycles. The Kier molecular flexibility index (Phi) is 4.40. The first-order valence-corrected chi connectivity index (χ1v) is 8.61. The van der Waals surface area contributed by atoms with Crippen LogP contribution in [0.1, 0.15) is 0 Å². The zero-order valence-electron chi connectivity index (χ0n) is 14.3. The van der Waals surface area contributed by atoms with Crippen LogP contribution in [0.3, 0.4) is 0 Å². The lowest BCUT2D eigenvalue weighted by Gasteiger charge is -2.25. The molecule has 4 aromatic rings. The van der Waals surface area contributed by atoms with Crippen molar-refractivity contribution in [3.05, 3.63) is 109 Å². The van der Waals surface area contributed by atoms with Crippen molar-refractivity contribution in [1.82, 2.24) is 0 Å². The molecule has 1 N–H and O–H groups in total. The van der Waals surface area contributed by atoms with Crippen LogP contribution in [0.15, 0.2) is 109 Å². The Bertz CT molecular complexity index is 923. The summed E-state index contributed by atoms with van der Waals surface area (Å²) in [5.41, 5.74) is 5.55. The summed E-state index contributed by atoms with van der Waals surface area (Å²) in [6.07, 6.45) is 0. The van der Waals surface area contributed by atoms with Gasteiger partial charge in [-0.25, -0.2) is 0 Å². The van der Waals surface area contributed by atoms with Crippen molar-refractivity contribution in [2.24, 2.45) is 0 Å². The first-order chi connectivity index (χ1) is 12.8. The number of nitrogens with zero attached hydrogens (tertiary/aromatic N) is 1. The third-order valence-electron chi connectivity index (χ3n) is 4.35. The lowest BCUT2D eigenvalue weighted by Crippen LogP contribution is -2.09. The van der Waals surface area contributed by atoms with Gasteiger partial charge >= 0.3 is 0 Å². The zero-order chi connectivity index (χ0) is 17.8. The number of hydrogen-bond donors (Lipinski definition) is 1. The van der Waals surface area contributed by atoms with E-state index in [0.29, 0.717) is 0 Å². The fraction of sp³-hybridized carbons (Fsp3) is 0. The second kappa shape index (κ2) is 7.16. The summed E-state index contributed by atoms with van der Waals surface area (Å²) in [6.45, 7) is 0. The normalized spacial score (nSPS) is 10.5. The minimum atomic E-state index is 0.282. The number of hydrogen-bond acceptors (Lipinski definition) is 2. The van der Waals surface area contributed by atoms with Crippen LogP contribution in [-0.2, 0) is 0 Å².